The van der Waals surface area contributed by atoms with E-state index < -0.39 is 0 Å². The van der Waals surface area contributed by atoms with Crippen LogP contribution >= 0.6 is 0 Å². The van der Waals surface area contributed by atoms with Crippen LogP contribution in [-0.4, -0.2) is 51.7 Å². The zero-order valence-corrected chi connectivity index (χ0v) is 35.0. The van der Waals surface area contributed by atoms with E-state index >= 15 is 0 Å². The normalized spacial score (nSPS) is 10.8. The standard InChI is InChI=1S/C54H36N10O2/c65-53(61-41-17-13-35(14-18-41)39-31-49(43-9-1-5-23-55-43)63-50(32-39)44-10-2-6-24-56-44)37-21-27-59-47(29-37)48-30-38(22-28-60-48)54(66)62-42-19-15-36(16-20-42)40-33-51(45-11-3-7-25-57-45)64-52(34-40)46-12-4-8-26-58-46/h1-34H,(H,61,65)(H,62,66). The number of nitrogens with one attached hydrogen (secondary N) is 2. The maximum absolute atomic E-state index is 13.6. The number of benzene rings is 2. The third-order valence-corrected chi connectivity index (χ3v) is 10.6. The predicted octanol–water partition coefficient (Wildman–Crippen LogP) is 11.0. The Kier molecular flexibility index (Phi) is 11.4. The molecular weight excluding hydrogens is 821 g/mol. The summed E-state index contributed by atoms with van der Waals surface area (Å²) < 4.78 is 0. The van der Waals surface area contributed by atoms with E-state index in [9.17, 15) is 9.59 Å². The Morgan fingerprint density at radius 1 is 0.288 bits per heavy atom. The molecule has 8 heterocycles. The Balaban J connectivity index is 0.824. The summed E-state index contributed by atoms with van der Waals surface area (Å²) in [5.41, 5.74) is 12.5. The van der Waals surface area contributed by atoms with Crippen LogP contribution in [-0.2, 0) is 0 Å². The number of aromatic nitrogens is 8. The van der Waals surface area contributed by atoms with E-state index in [0.29, 0.717) is 33.9 Å². The molecule has 314 valence electrons. The molecule has 0 aliphatic carbocycles. The minimum absolute atomic E-state index is 0.324. The van der Waals surface area contributed by atoms with Crippen molar-refractivity contribution in [1.82, 2.24) is 39.9 Å². The van der Waals surface area contributed by atoms with E-state index in [2.05, 4.69) is 40.5 Å². The molecule has 0 spiro atoms. The van der Waals surface area contributed by atoms with E-state index in [1.54, 1.807) is 61.4 Å². The summed E-state index contributed by atoms with van der Waals surface area (Å²) in [6.07, 6.45) is 10.1. The van der Waals surface area contributed by atoms with Crippen LogP contribution in [0.25, 0.3) is 79.2 Å². The van der Waals surface area contributed by atoms with Crippen molar-refractivity contribution >= 4 is 23.2 Å². The van der Waals surface area contributed by atoms with E-state index in [1.165, 1.54) is 0 Å². The van der Waals surface area contributed by atoms with Gasteiger partial charge in [0.15, 0.2) is 0 Å². The Morgan fingerprint density at radius 3 is 0.909 bits per heavy atom. The number of carbonyl (C=O) groups excluding carboxylic acids is 2. The fraction of sp³-hybridized carbons (Fsp3) is 0. The van der Waals surface area contributed by atoms with Gasteiger partial charge in [0.05, 0.1) is 56.9 Å². The van der Waals surface area contributed by atoms with Gasteiger partial charge in [-0.05, 0) is 144 Å². The van der Waals surface area contributed by atoms with Crippen molar-refractivity contribution in [2.45, 2.75) is 0 Å². The van der Waals surface area contributed by atoms with E-state index in [0.717, 1.165) is 67.8 Å². The summed E-state index contributed by atoms with van der Waals surface area (Å²) >= 11 is 0. The summed E-state index contributed by atoms with van der Waals surface area (Å²) in [5.74, 6) is -0.648. The van der Waals surface area contributed by atoms with Crippen LogP contribution in [0, 0.1) is 0 Å². The second-order valence-electron chi connectivity index (χ2n) is 15.0. The molecule has 0 atom stereocenters. The number of carbonyl (C=O) groups is 2. The van der Waals surface area contributed by atoms with Gasteiger partial charge in [-0.15, -0.1) is 0 Å². The molecule has 8 aromatic heterocycles. The molecule has 0 aliphatic heterocycles. The number of hydrogen-bond donors (Lipinski definition) is 2. The summed E-state index contributed by atoms with van der Waals surface area (Å²) in [6, 6.07) is 52.6. The first kappa shape index (κ1) is 40.6. The highest BCUT2D eigenvalue weighted by molar-refractivity contribution is 6.06. The molecule has 10 aromatic rings. The van der Waals surface area contributed by atoms with Crippen molar-refractivity contribution in [3.63, 3.8) is 0 Å². The van der Waals surface area contributed by atoms with E-state index in [1.807, 2.05) is 146 Å². The number of anilines is 2. The molecule has 0 unspecified atom stereocenters. The molecule has 0 saturated carbocycles. The molecule has 2 aromatic carbocycles. The SMILES string of the molecule is O=C(Nc1ccc(-c2cc(-c3ccccn3)nc(-c3ccccn3)c2)cc1)c1ccnc(-c2cc(C(=O)Nc3ccc(-c4cc(-c5ccccn5)nc(-c5ccccn5)c4)cc3)ccn2)c1. The van der Waals surface area contributed by atoms with Gasteiger partial charge in [-0.1, -0.05) is 48.5 Å². The molecule has 10 rings (SSSR count). The number of pyridine rings is 8. The van der Waals surface area contributed by atoms with Crippen LogP contribution in [0.2, 0.25) is 0 Å². The lowest BCUT2D eigenvalue weighted by Gasteiger charge is -2.11. The average molecular weight is 857 g/mol. The van der Waals surface area contributed by atoms with E-state index in [4.69, 9.17) is 9.97 Å². The Bertz CT molecular complexity index is 2980. The molecule has 0 aliphatic rings. The smallest absolute Gasteiger partial charge is 0.255 e. The Labute approximate surface area is 379 Å². The highest BCUT2D eigenvalue weighted by Gasteiger charge is 2.16. The zero-order chi connectivity index (χ0) is 44.7. The summed E-state index contributed by atoms with van der Waals surface area (Å²) in [7, 11) is 0. The maximum Gasteiger partial charge on any atom is 0.255 e. The molecule has 0 fully saturated rings. The van der Waals surface area contributed by atoms with Gasteiger partial charge < -0.3 is 10.6 Å². The summed E-state index contributed by atoms with van der Waals surface area (Å²) in [4.78, 5) is 63.8. The number of amides is 2. The molecule has 66 heavy (non-hydrogen) atoms. The highest BCUT2D eigenvalue weighted by Crippen LogP contribution is 2.32. The van der Waals surface area contributed by atoms with Crippen LogP contribution < -0.4 is 10.6 Å². The topological polar surface area (TPSA) is 161 Å². The third-order valence-electron chi connectivity index (χ3n) is 10.6. The van der Waals surface area contributed by atoms with Gasteiger partial charge in [-0.3, -0.25) is 39.5 Å². The van der Waals surface area contributed by atoms with Crippen molar-refractivity contribution in [3.8, 4) is 79.2 Å². The fourth-order valence-electron chi connectivity index (χ4n) is 7.30. The summed E-state index contributed by atoms with van der Waals surface area (Å²) in [5, 5.41) is 5.98. The fourth-order valence-corrected chi connectivity index (χ4v) is 7.30. The Morgan fingerprint density at radius 2 is 0.606 bits per heavy atom. The van der Waals surface area contributed by atoms with Gasteiger partial charge in [0.1, 0.15) is 0 Å². The lowest BCUT2D eigenvalue weighted by molar-refractivity contribution is 0.101. The first-order chi connectivity index (χ1) is 32.5. The Hall–Kier alpha value is -9.42. The molecule has 2 N–H and O–H groups in total. The van der Waals surface area contributed by atoms with Gasteiger partial charge in [-0.2, -0.15) is 0 Å². The quantitative estimate of drug-likeness (QED) is 0.128. The number of rotatable bonds is 11. The second-order valence-corrected chi connectivity index (χ2v) is 15.0. The molecule has 0 bridgehead atoms. The van der Waals surface area contributed by atoms with Crippen molar-refractivity contribution in [2.24, 2.45) is 0 Å². The van der Waals surface area contributed by atoms with Crippen LogP contribution in [0.3, 0.4) is 0 Å². The minimum Gasteiger partial charge on any atom is -0.322 e. The largest absolute Gasteiger partial charge is 0.322 e. The van der Waals surface area contributed by atoms with Gasteiger partial charge in [0, 0.05) is 59.7 Å². The average Bonchev–Trinajstić information content (AvgIpc) is 3.40. The van der Waals surface area contributed by atoms with Crippen molar-refractivity contribution < 1.29 is 9.59 Å². The van der Waals surface area contributed by atoms with E-state index in [-0.39, 0.29) is 11.8 Å². The molecule has 2 amide bonds. The van der Waals surface area contributed by atoms with Crippen molar-refractivity contribution in [2.75, 3.05) is 10.6 Å². The van der Waals surface area contributed by atoms with Crippen LogP contribution in [0.15, 0.2) is 207 Å². The molecule has 12 nitrogen and oxygen atoms in total. The molecular formula is C54H36N10O2. The first-order valence-corrected chi connectivity index (χ1v) is 20.9. The van der Waals surface area contributed by atoms with Crippen molar-refractivity contribution in [1.29, 1.82) is 0 Å². The van der Waals surface area contributed by atoms with Gasteiger partial charge >= 0.3 is 0 Å². The van der Waals surface area contributed by atoms with Gasteiger partial charge in [0.25, 0.3) is 11.8 Å². The van der Waals surface area contributed by atoms with Gasteiger partial charge in [0.2, 0.25) is 0 Å². The number of hydrogen-bond acceptors (Lipinski definition) is 10. The highest BCUT2D eigenvalue weighted by atomic mass is 16.2. The third kappa shape index (κ3) is 9.19. The zero-order valence-electron chi connectivity index (χ0n) is 35.0. The maximum atomic E-state index is 13.6. The van der Waals surface area contributed by atoms with Crippen molar-refractivity contribution in [3.05, 3.63) is 218 Å². The summed E-state index contributed by atoms with van der Waals surface area (Å²) in [6.45, 7) is 0. The lowest BCUT2D eigenvalue weighted by Crippen LogP contribution is -2.13. The van der Waals surface area contributed by atoms with Crippen LogP contribution in [0.1, 0.15) is 20.7 Å². The lowest BCUT2D eigenvalue weighted by atomic mass is 10.0. The first-order valence-electron chi connectivity index (χ1n) is 20.9. The monoisotopic (exact) mass is 856 g/mol. The van der Waals surface area contributed by atoms with Crippen LogP contribution in [0.5, 0.6) is 0 Å². The molecule has 0 radical (unpaired) electrons. The minimum atomic E-state index is -0.324. The van der Waals surface area contributed by atoms with Gasteiger partial charge in [-0.25, -0.2) is 9.97 Å². The molecule has 12 heteroatoms. The molecule has 0 saturated heterocycles. The number of nitrogens with zero attached hydrogens (tertiary/aromatic N) is 8. The van der Waals surface area contributed by atoms with Crippen LogP contribution in [0.4, 0.5) is 11.4 Å². The second kappa shape index (κ2) is 18.5. The predicted molar refractivity (Wildman–Crippen MR) is 256 cm³/mol.